The van der Waals surface area contributed by atoms with Crippen LogP contribution in [0.2, 0.25) is 0 Å². The Morgan fingerprint density at radius 3 is 2.61 bits per heavy atom. The van der Waals surface area contributed by atoms with E-state index < -0.39 is 0 Å². The lowest BCUT2D eigenvalue weighted by molar-refractivity contribution is 0.0993. The van der Waals surface area contributed by atoms with Crippen LogP contribution in [0.25, 0.3) is 0 Å². The van der Waals surface area contributed by atoms with Crippen LogP contribution in [0.4, 0.5) is 0 Å². The van der Waals surface area contributed by atoms with Crippen molar-refractivity contribution in [1.29, 1.82) is 0 Å². The Bertz CT molecular complexity index is 572. The Labute approximate surface area is 125 Å². The van der Waals surface area contributed by atoms with Gasteiger partial charge in [-0.1, -0.05) is 25.1 Å². The molecule has 1 aromatic heterocycles. The largest absolute Gasteiger partial charge is 0.294 e. The number of hydrogen-bond donors (Lipinski definition) is 0. The van der Waals surface area contributed by atoms with E-state index in [0.717, 1.165) is 20.4 Å². The third-order valence-electron chi connectivity index (χ3n) is 2.89. The lowest BCUT2D eigenvalue weighted by Gasteiger charge is -2.05. The van der Waals surface area contributed by atoms with Crippen LogP contribution in [-0.2, 0) is 12.8 Å². The summed E-state index contributed by atoms with van der Waals surface area (Å²) < 4.78 is 1.08. The van der Waals surface area contributed by atoms with Crippen molar-refractivity contribution in [3.63, 3.8) is 0 Å². The second-order valence-electron chi connectivity index (χ2n) is 4.26. The number of aryl methyl sites for hydroxylation is 2. The first-order valence-electron chi connectivity index (χ1n) is 5.97. The molecular weight excluding hydrogens is 355 g/mol. The molecule has 0 unspecified atom stereocenters. The molecule has 94 valence electrons. The number of carbonyl (C=O) groups is 1. The first-order valence-corrected chi connectivity index (χ1v) is 7.87. The zero-order chi connectivity index (χ0) is 13.1. The summed E-state index contributed by atoms with van der Waals surface area (Å²) in [6.07, 6.45) is 1.56. The van der Waals surface area contributed by atoms with Crippen molar-refractivity contribution < 1.29 is 4.79 Å². The summed E-state index contributed by atoms with van der Waals surface area (Å²) in [6, 6.07) is 10.1. The maximum Gasteiger partial charge on any atom is 0.169 e. The Balaban J connectivity index is 2.19. The predicted molar refractivity (Wildman–Crippen MR) is 85.6 cm³/mol. The molecule has 0 bridgehead atoms. The molecule has 0 saturated carbocycles. The number of rotatable bonds is 4. The highest BCUT2D eigenvalue weighted by atomic mass is 127. The highest BCUT2D eigenvalue weighted by molar-refractivity contribution is 14.1. The van der Waals surface area contributed by atoms with Crippen LogP contribution >= 0.6 is 33.9 Å². The number of hydrogen-bond acceptors (Lipinski definition) is 2. The molecule has 3 heteroatoms. The third-order valence-corrected chi connectivity index (χ3v) is 5.55. The van der Waals surface area contributed by atoms with Gasteiger partial charge in [0.25, 0.3) is 0 Å². The highest BCUT2D eigenvalue weighted by Crippen LogP contribution is 2.22. The second kappa shape index (κ2) is 5.97. The van der Waals surface area contributed by atoms with E-state index in [4.69, 9.17) is 0 Å². The number of halogens is 1. The number of benzene rings is 1. The van der Waals surface area contributed by atoms with Crippen LogP contribution in [0.3, 0.4) is 0 Å². The Morgan fingerprint density at radius 1 is 1.22 bits per heavy atom. The van der Waals surface area contributed by atoms with Gasteiger partial charge in [0.15, 0.2) is 5.78 Å². The molecule has 0 fully saturated rings. The van der Waals surface area contributed by atoms with E-state index in [2.05, 4.69) is 41.6 Å². The van der Waals surface area contributed by atoms with Crippen LogP contribution in [0, 0.1) is 10.5 Å². The summed E-state index contributed by atoms with van der Waals surface area (Å²) in [5, 5.41) is 0. The van der Waals surface area contributed by atoms with Gasteiger partial charge in [-0.3, -0.25) is 4.79 Å². The highest BCUT2D eigenvalue weighted by Gasteiger charge is 2.12. The maximum absolute atomic E-state index is 12.3. The van der Waals surface area contributed by atoms with Gasteiger partial charge in [-0.25, -0.2) is 0 Å². The fourth-order valence-corrected chi connectivity index (χ4v) is 3.44. The maximum atomic E-state index is 12.3. The molecule has 1 aromatic carbocycles. The second-order valence-corrected chi connectivity index (χ2v) is 6.59. The fourth-order valence-electron chi connectivity index (χ4n) is 1.82. The van der Waals surface area contributed by atoms with Crippen molar-refractivity contribution in [3.05, 3.63) is 54.8 Å². The average molecular weight is 370 g/mol. The monoisotopic (exact) mass is 370 g/mol. The normalized spacial score (nSPS) is 10.6. The third kappa shape index (κ3) is 3.01. The molecule has 2 aromatic rings. The van der Waals surface area contributed by atoms with Crippen molar-refractivity contribution in [2.45, 2.75) is 26.7 Å². The van der Waals surface area contributed by atoms with Crippen molar-refractivity contribution in [1.82, 2.24) is 0 Å². The summed E-state index contributed by atoms with van der Waals surface area (Å²) in [6.45, 7) is 4.18. The molecule has 0 aliphatic rings. The minimum atomic E-state index is 0.215. The van der Waals surface area contributed by atoms with Crippen molar-refractivity contribution in [2.75, 3.05) is 0 Å². The topological polar surface area (TPSA) is 17.1 Å². The molecule has 0 N–H and O–H groups in total. The van der Waals surface area contributed by atoms with Crippen LogP contribution < -0.4 is 0 Å². The predicted octanol–water partition coefficient (Wildman–Crippen LogP) is 4.65. The summed E-state index contributed by atoms with van der Waals surface area (Å²) in [7, 11) is 0. The quantitative estimate of drug-likeness (QED) is 0.566. The van der Waals surface area contributed by atoms with Gasteiger partial charge in [0.2, 0.25) is 0 Å². The standard InChI is InChI=1S/C15H15IOS/c1-3-11-7-8-12(18-11)9-14(17)13-6-4-5-10(2)15(13)16/h4-8H,3,9H2,1-2H3. The molecule has 1 heterocycles. The zero-order valence-corrected chi connectivity index (χ0v) is 13.5. The van der Waals surface area contributed by atoms with Gasteiger partial charge >= 0.3 is 0 Å². The van der Waals surface area contributed by atoms with E-state index in [0.29, 0.717) is 6.42 Å². The summed E-state index contributed by atoms with van der Waals surface area (Å²) in [5.74, 6) is 0.215. The number of ketones is 1. The number of carbonyl (C=O) groups excluding carboxylic acids is 1. The van der Waals surface area contributed by atoms with E-state index in [1.54, 1.807) is 11.3 Å². The molecule has 0 aliphatic carbocycles. The average Bonchev–Trinajstić information content (AvgIpc) is 2.80. The first kappa shape index (κ1) is 13.7. The number of thiophene rings is 1. The van der Waals surface area contributed by atoms with Gasteiger partial charge in [0, 0.05) is 25.3 Å². The van der Waals surface area contributed by atoms with E-state index in [1.807, 2.05) is 25.1 Å². The SMILES string of the molecule is CCc1ccc(CC(=O)c2cccc(C)c2I)s1. The summed E-state index contributed by atoms with van der Waals surface area (Å²) in [4.78, 5) is 14.8. The Hall–Kier alpha value is -0.680. The Kier molecular flexibility index (Phi) is 4.56. The van der Waals surface area contributed by atoms with Crippen LogP contribution in [-0.4, -0.2) is 5.78 Å². The first-order chi connectivity index (χ1) is 8.61. The fraction of sp³-hybridized carbons (Fsp3) is 0.267. The molecule has 0 aliphatic heterocycles. The van der Waals surface area contributed by atoms with Crippen LogP contribution in [0.5, 0.6) is 0 Å². The minimum absolute atomic E-state index is 0.215. The van der Waals surface area contributed by atoms with Gasteiger partial charge in [0.1, 0.15) is 0 Å². The van der Waals surface area contributed by atoms with E-state index in [1.165, 1.54) is 10.4 Å². The molecule has 2 rings (SSSR count). The minimum Gasteiger partial charge on any atom is -0.294 e. The van der Waals surface area contributed by atoms with E-state index in [-0.39, 0.29) is 5.78 Å². The van der Waals surface area contributed by atoms with Crippen LogP contribution in [0.1, 0.15) is 32.6 Å². The van der Waals surface area contributed by atoms with Gasteiger partial charge in [-0.05, 0) is 53.6 Å². The van der Waals surface area contributed by atoms with E-state index >= 15 is 0 Å². The summed E-state index contributed by atoms with van der Waals surface area (Å²) in [5.41, 5.74) is 2.02. The van der Waals surface area contributed by atoms with Gasteiger partial charge in [-0.2, -0.15) is 0 Å². The smallest absolute Gasteiger partial charge is 0.169 e. The Morgan fingerprint density at radius 2 is 1.94 bits per heavy atom. The molecule has 0 atom stereocenters. The molecule has 0 saturated heterocycles. The molecule has 0 radical (unpaired) electrons. The lowest BCUT2D eigenvalue weighted by atomic mass is 10.1. The van der Waals surface area contributed by atoms with Crippen LogP contribution in [0.15, 0.2) is 30.3 Å². The van der Waals surface area contributed by atoms with Gasteiger partial charge in [-0.15, -0.1) is 11.3 Å². The van der Waals surface area contributed by atoms with Crippen molar-refractivity contribution in [3.8, 4) is 0 Å². The molecule has 18 heavy (non-hydrogen) atoms. The molecule has 0 amide bonds. The molecular formula is C15H15IOS. The van der Waals surface area contributed by atoms with E-state index in [9.17, 15) is 4.79 Å². The summed E-state index contributed by atoms with van der Waals surface area (Å²) >= 11 is 4.00. The molecule has 1 nitrogen and oxygen atoms in total. The lowest BCUT2D eigenvalue weighted by Crippen LogP contribution is -2.05. The van der Waals surface area contributed by atoms with Crippen molar-refractivity contribution >= 4 is 39.7 Å². The van der Waals surface area contributed by atoms with Crippen molar-refractivity contribution in [2.24, 2.45) is 0 Å². The number of Topliss-reactive ketones (excluding diaryl/α,β-unsaturated/α-hetero) is 1. The van der Waals surface area contributed by atoms with Gasteiger partial charge in [0.05, 0.1) is 0 Å². The molecule has 0 spiro atoms. The zero-order valence-electron chi connectivity index (χ0n) is 10.5. The van der Waals surface area contributed by atoms with Gasteiger partial charge < -0.3 is 0 Å².